The van der Waals surface area contributed by atoms with Crippen LogP contribution in [0.1, 0.15) is 97.7 Å². The Morgan fingerprint density at radius 1 is 0.676 bits per heavy atom. The first-order valence-electron chi connectivity index (χ1n) is 12.8. The number of rotatable bonds is 14. The number of carbonyl (C=O) groups excluding carboxylic acids is 2. The number of hydrogen-bond acceptors (Lipinski definition) is 3. The highest BCUT2D eigenvalue weighted by Crippen LogP contribution is 2.11. The van der Waals surface area contributed by atoms with Gasteiger partial charge in [-0.1, -0.05) is 125 Å². The Kier molecular flexibility index (Phi) is 13.3. The Labute approximate surface area is 205 Å². The topological polar surface area (TPSA) is 52.0 Å². The summed E-state index contributed by atoms with van der Waals surface area (Å²) in [4.78, 5) is 27.8. The maximum atomic E-state index is 11.8. The van der Waals surface area contributed by atoms with Crippen molar-refractivity contribution in [1.82, 2.24) is 9.55 Å². The predicted molar refractivity (Wildman–Crippen MR) is 140 cm³/mol. The van der Waals surface area contributed by atoms with Crippen molar-refractivity contribution in [3.63, 3.8) is 0 Å². The Morgan fingerprint density at radius 3 is 1.53 bits per heavy atom. The minimum absolute atomic E-state index is 0.427. The van der Waals surface area contributed by atoms with E-state index in [1.807, 2.05) is 18.3 Å². The van der Waals surface area contributed by atoms with E-state index in [-0.39, 0.29) is 0 Å². The van der Waals surface area contributed by atoms with E-state index in [4.69, 9.17) is 0 Å². The number of benzene rings is 2. The van der Waals surface area contributed by atoms with E-state index < -0.39 is 11.6 Å². The molecule has 4 heteroatoms. The molecule has 0 amide bonds. The molecule has 0 fully saturated rings. The number of nitrogens with zero attached hydrogens (tertiary/aromatic N) is 2. The van der Waals surface area contributed by atoms with Crippen LogP contribution in [0.4, 0.5) is 0 Å². The van der Waals surface area contributed by atoms with E-state index >= 15 is 0 Å². The fourth-order valence-electron chi connectivity index (χ4n) is 3.85. The Balaban J connectivity index is 0.000000241. The lowest BCUT2D eigenvalue weighted by Crippen LogP contribution is -2.14. The molecule has 0 saturated carbocycles. The van der Waals surface area contributed by atoms with Gasteiger partial charge in [-0.25, -0.2) is 4.98 Å². The summed E-state index contributed by atoms with van der Waals surface area (Å²) in [5.74, 6) is 0.213. The Morgan fingerprint density at radius 2 is 1.12 bits per heavy atom. The number of imidazole rings is 1. The van der Waals surface area contributed by atoms with Gasteiger partial charge in [0, 0.05) is 30.1 Å². The van der Waals surface area contributed by atoms with Crippen molar-refractivity contribution in [1.29, 1.82) is 0 Å². The van der Waals surface area contributed by atoms with Crippen molar-refractivity contribution >= 4 is 11.6 Å². The molecule has 3 aromatic rings. The van der Waals surface area contributed by atoms with Gasteiger partial charge in [0.2, 0.25) is 11.6 Å². The number of carbonyl (C=O) groups is 2. The van der Waals surface area contributed by atoms with Crippen molar-refractivity contribution < 1.29 is 9.59 Å². The highest BCUT2D eigenvalue weighted by molar-refractivity contribution is 6.49. The van der Waals surface area contributed by atoms with Crippen LogP contribution < -0.4 is 0 Å². The summed E-state index contributed by atoms with van der Waals surface area (Å²) >= 11 is 0. The summed E-state index contributed by atoms with van der Waals surface area (Å²) in [6.07, 6.45) is 18.0. The molecular weight excluding hydrogens is 420 g/mol. The van der Waals surface area contributed by atoms with E-state index in [1.54, 1.807) is 48.5 Å². The third kappa shape index (κ3) is 10.3. The summed E-state index contributed by atoms with van der Waals surface area (Å²) in [5.41, 5.74) is 0.854. The fraction of sp³-hybridized carbons (Fsp3) is 0.433. The monoisotopic (exact) mass is 460 g/mol. The second kappa shape index (κ2) is 16.6. The number of unbranched alkanes of at least 4 members (excludes halogenated alkanes) is 9. The number of hydrogen-bond donors (Lipinski definition) is 0. The summed E-state index contributed by atoms with van der Waals surface area (Å²) in [6, 6.07) is 17.2. The molecule has 0 spiro atoms. The Hall–Kier alpha value is -3.01. The quantitative estimate of drug-likeness (QED) is 0.140. The van der Waals surface area contributed by atoms with Gasteiger partial charge in [0.05, 0.1) is 0 Å². The lowest BCUT2D eigenvalue weighted by Gasteiger charge is -2.05. The van der Waals surface area contributed by atoms with Crippen molar-refractivity contribution in [2.45, 2.75) is 84.6 Å². The molecule has 1 aromatic heterocycles. The van der Waals surface area contributed by atoms with Crippen LogP contribution in [0.5, 0.6) is 0 Å². The molecule has 0 aliphatic heterocycles. The first-order chi connectivity index (χ1) is 16.6. The van der Waals surface area contributed by atoms with Crippen molar-refractivity contribution in [3.05, 3.63) is 90.0 Å². The fourth-order valence-corrected chi connectivity index (χ4v) is 3.85. The Bertz CT molecular complexity index is 899. The molecule has 0 radical (unpaired) electrons. The molecule has 3 rings (SSSR count). The van der Waals surface area contributed by atoms with Gasteiger partial charge in [0.1, 0.15) is 5.82 Å². The second-order valence-electron chi connectivity index (χ2n) is 8.74. The van der Waals surface area contributed by atoms with Gasteiger partial charge in [-0.15, -0.1) is 0 Å². The molecule has 0 atom stereocenters. The number of ketones is 2. The molecule has 0 aliphatic carbocycles. The van der Waals surface area contributed by atoms with Crippen LogP contribution in [0, 0.1) is 6.92 Å². The summed E-state index contributed by atoms with van der Waals surface area (Å²) in [6.45, 7) is 5.50. The SMILES string of the molecule is CCCCCCCCCCCCn1ccnc1C.O=C(C(=O)c1ccccc1)c1ccccc1. The van der Waals surface area contributed by atoms with Crippen LogP contribution in [0.3, 0.4) is 0 Å². The van der Waals surface area contributed by atoms with E-state index in [0.717, 1.165) is 12.4 Å². The zero-order valence-electron chi connectivity index (χ0n) is 20.9. The van der Waals surface area contributed by atoms with Crippen molar-refractivity contribution in [2.24, 2.45) is 0 Å². The highest BCUT2D eigenvalue weighted by atomic mass is 16.2. The van der Waals surface area contributed by atoms with Gasteiger partial charge in [-0.05, 0) is 13.3 Å². The van der Waals surface area contributed by atoms with Crippen LogP contribution in [0.2, 0.25) is 0 Å². The van der Waals surface area contributed by atoms with Crippen LogP contribution in [-0.2, 0) is 6.54 Å². The lowest BCUT2D eigenvalue weighted by atomic mass is 10.0. The predicted octanol–water partition coefficient (Wildman–Crippen LogP) is 7.86. The van der Waals surface area contributed by atoms with E-state index in [2.05, 4.69) is 29.6 Å². The van der Waals surface area contributed by atoms with Crippen LogP contribution >= 0.6 is 0 Å². The summed E-state index contributed by atoms with van der Waals surface area (Å²) in [5, 5.41) is 0. The molecule has 0 aliphatic rings. The van der Waals surface area contributed by atoms with Gasteiger partial charge in [-0.2, -0.15) is 0 Å². The standard InChI is InChI=1S/C16H30N2.C14H10O2/c1-3-4-5-6-7-8-9-10-11-12-14-18-15-13-17-16(18)2;15-13(11-7-3-1-4-8-11)14(16)12-9-5-2-6-10-12/h13,15H,3-12,14H2,1-2H3;1-10H. The number of Topliss-reactive ketones (excluding diaryl/α,β-unsaturated/α-hetero) is 2. The molecule has 1 heterocycles. The minimum atomic E-state index is -0.466. The van der Waals surface area contributed by atoms with E-state index in [1.165, 1.54) is 64.2 Å². The van der Waals surface area contributed by atoms with Gasteiger partial charge in [-0.3, -0.25) is 9.59 Å². The molecule has 0 N–H and O–H groups in total. The van der Waals surface area contributed by atoms with Crippen LogP contribution in [-0.4, -0.2) is 21.1 Å². The summed E-state index contributed by atoms with van der Waals surface area (Å²) < 4.78 is 2.25. The summed E-state index contributed by atoms with van der Waals surface area (Å²) in [7, 11) is 0. The third-order valence-electron chi connectivity index (χ3n) is 5.95. The molecular formula is C30H40N2O2. The van der Waals surface area contributed by atoms with Crippen LogP contribution in [0.15, 0.2) is 73.1 Å². The van der Waals surface area contributed by atoms with Gasteiger partial charge < -0.3 is 4.57 Å². The molecule has 34 heavy (non-hydrogen) atoms. The molecule has 182 valence electrons. The van der Waals surface area contributed by atoms with E-state index in [9.17, 15) is 9.59 Å². The maximum Gasteiger partial charge on any atom is 0.233 e. The smallest absolute Gasteiger partial charge is 0.233 e. The first-order valence-corrected chi connectivity index (χ1v) is 12.8. The van der Waals surface area contributed by atoms with Gasteiger partial charge in [0.15, 0.2) is 0 Å². The average Bonchev–Trinajstić information content (AvgIpc) is 3.30. The molecule has 0 bridgehead atoms. The molecule has 2 aromatic carbocycles. The van der Waals surface area contributed by atoms with Gasteiger partial charge in [0.25, 0.3) is 0 Å². The molecule has 4 nitrogen and oxygen atoms in total. The maximum absolute atomic E-state index is 11.8. The molecule has 0 unspecified atom stereocenters. The van der Waals surface area contributed by atoms with Crippen LogP contribution in [0.25, 0.3) is 0 Å². The van der Waals surface area contributed by atoms with E-state index in [0.29, 0.717) is 11.1 Å². The van der Waals surface area contributed by atoms with Crippen molar-refractivity contribution in [2.75, 3.05) is 0 Å². The third-order valence-corrected chi connectivity index (χ3v) is 5.95. The largest absolute Gasteiger partial charge is 0.335 e. The van der Waals surface area contributed by atoms with Crippen molar-refractivity contribution in [3.8, 4) is 0 Å². The van der Waals surface area contributed by atoms with Gasteiger partial charge >= 0.3 is 0 Å². The average molecular weight is 461 g/mol. The second-order valence-corrected chi connectivity index (χ2v) is 8.74. The normalized spacial score (nSPS) is 10.4. The zero-order chi connectivity index (χ0) is 24.4. The highest BCUT2D eigenvalue weighted by Gasteiger charge is 2.17. The lowest BCUT2D eigenvalue weighted by molar-refractivity contribution is 0.0817. The number of aryl methyl sites for hydroxylation is 2. The first kappa shape index (κ1) is 27.2. The molecule has 0 saturated heterocycles. The zero-order valence-corrected chi connectivity index (χ0v) is 20.9. The number of aromatic nitrogens is 2. The minimum Gasteiger partial charge on any atom is -0.335 e.